The maximum atomic E-state index is 11.0. The minimum absolute atomic E-state index is 0.235. The van der Waals surface area contributed by atoms with E-state index in [1.165, 1.54) is 7.11 Å². The van der Waals surface area contributed by atoms with Crippen molar-refractivity contribution >= 4 is 5.97 Å². The zero-order valence-corrected chi connectivity index (χ0v) is 8.19. The minimum Gasteiger partial charge on any atom is -0.468 e. The van der Waals surface area contributed by atoms with Gasteiger partial charge in [-0.1, -0.05) is 0 Å². The lowest BCUT2D eigenvalue weighted by molar-refractivity contribution is -0.143. The highest BCUT2D eigenvalue weighted by molar-refractivity contribution is 5.71. The number of β-amino-alcohol motifs (C(OH)–C–C–N with tert-alkyl or cyclic N) is 1. The lowest BCUT2D eigenvalue weighted by Crippen LogP contribution is -2.46. The Kier molecular flexibility index (Phi) is 3.69. The Morgan fingerprint density at radius 1 is 1.62 bits per heavy atom. The first kappa shape index (κ1) is 10.5. The van der Waals surface area contributed by atoms with Gasteiger partial charge in [0.25, 0.3) is 0 Å². The second-order valence-electron chi connectivity index (χ2n) is 3.59. The maximum Gasteiger partial charge on any atom is 0.319 e. The molecule has 2 atom stereocenters. The number of piperidine rings is 1. The second kappa shape index (κ2) is 4.58. The van der Waals surface area contributed by atoms with Crippen LogP contribution in [0.25, 0.3) is 0 Å². The van der Waals surface area contributed by atoms with Crippen LogP contribution in [-0.2, 0) is 9.53 Å². The van der Waals surface area contributed by atoms with E-state index in [-0.39, 0.29) is 18.6 Å². The topological polar surface area (TPSA) is 49.8 Å². The van der Waals surface area contributed by atoms with Crippen LogP contribution in [0.4, 0.5) is 0 Å². The van der Waals surface area contributed by atoms with Crippen molar-refractivity contribution in [1.29, 1.82) is 0 Å². The van der Waals surface area contributed by atoms with Crippen LogP contribution >= 0.6 is 0 Å². The van der Waals surface area contributed by atoms with Gasteiger partial charge >= 0.3 is 5.97 Å². The fourth-order valence-electron chi connectivity index (χ4n) is 1.61. The summed E-state index contributed by atoms with van der Waals surface area (Å²) in [4.78, 5) is 12.9. The smallest absolute Gasteiger partial charge is 0.319 e. The number of hydrogen-bond acceptors (Lipinski definition) is 4. The predicted molar refractivity (Wildman–Crippen MR) is 48.3 cm³/mol. The van der Waals surface area contributed by atoms with E-state index in [4.69, 9.17) is 0 Å². The predicted octanol–water partition coefficient (Wildman–Crippen LogP) is 0.00460. The Balaban J connectivity index is 2.41. The number of esters is 1. The fourth-order valence-corrected chi connectivity index (χ4v) is 1.61. The zero-order valence-electron chi connectivity index (χ0n) is 8.19. The third kappa shape index (κ3) is 2.97. The van der Waals surface area contributed by atoms with Gasteiger partial charge in [0.1, 0.15) is 0 Å². The highest BCUT2D eigenvalue weighted by Crippen LogP contribution is 2.16. The fraction of sp³-hybridized carbons (Fsp3) is 0.889. The van der Waals surface area contributed by atoms with Crippen molar-refractivity contribution in [2.24, 2.45) is 0 Å². The average Bonchev–Trinajstić information content (AvgIpc) is 2.11. The molecule has 0 saturated carbocycles. The Hall–Kier alpha value is -0.610. The highest BCUT2D eigenvalue weighted by Gasteiger charge is 2.25. The molecule has 1 aliphatic rings. The standard InChI is InChI=1S/C9H17NO3/c1-7-3-4-8(11)5-10(7)6-9(12)13-2/h7-8,11H,3-6H2,1-2H3. The molecule has 0 radical (unpaired) electrons. The normalized spacial score (nSPS) is 30.1. The molecule has 0 aromatic carbocycles. The first-order valence-corrected chi connectivity index (χ1v) is 4.62. The largest absolute Gasteiger partial charge is 0.468 e. The van der Waals surface area contributed by atoms with Gasteiger partial charge in [-0.3, -0.25) is 9.69 Å². The van der Waals surface area contributed by atoms with Crippen molar-refractivity contribution in [3.63, 3.8) is 0 Å². The second-order valence-corrected chi connectivity index (χ2v) is 3.59. The van der Waals surface area contributed by atoms with Gasteiger partial charge in [0, 0.05) is 12.6 Å². The number of hydrogen-bond donors (Lipinski definition) is 1. The average molecular weight is 187 g/mol. The quantitative estimate of drug-likeness (QED) is 0.618. The summed E-state index contributed by atoms with van der Waals surface area (Å²) in [6.45, 7) is 2.93. The van der Waals surface area contributed by atoms with Crippen LogP contribution in [0.1, 0.15) is 19.8 Å². The maximum absolute atomic E-state index is 11.0. The number of ether oxygens (including phenoxy) is 1. The van der Waals surface area contributed by atoms with Gasteiger partial charge in [-0.25, -0.2) is 0 Å². The summed E-state index contributed by atoms with van der Waals surface area (Å²) >= 11 is 0. The van der Waals surface area contributed by atoms with Crippen LogP contribution in [0.3, 0.4) is 0 Å². The van der Waals surface area contributed by atoms with Crippen LogP contribution in [0.2, 0.25) is 0 Å². The molecule has 0 bridgehead atoms. The summed E-state index contributed by atoms with van der Waals surface area (Å²) in [5.41, 5.74) is 0. The van der Waals surface area contributed by atoms with E-state index in [2.05, 4.69) is 11.7 Å². The third-order valence-electron chi connectivity index (χ3n) is 2.55. The van der Waals surface area contributed by atoms with Crippen LogP contribution in [0.15, 0.2) is 0 Å². The molecule has 1 heterocycles. The van der Waals surface area contributed by atoms with Gasteiger partial charge < -0.3 is 9.84 Å². The van der Waals surface area contributed by atoms with Gasteiger partial charge in [-0.2, -0.15) is 0 Å². The van der Waals surface area contributed by atoms with E-state index in [1.807, 2.05) is 4.90 Å². The molecule has 13 heavy (non-hydrogen) atoms. The summed E-state index contributed by atoms with van der Waals surface area (Å²) in [7, 11) is 1.38. The SMILES string of the molecule is COC(=O)CN1CC(O)CCC1C. The van der Waals surface area contributed by atoms with Crippen LogP contribution in [0, 0.1) is 0 Å². The molecule has 2 unspecified atom stereocenters. The van der Waals surface area contributed by atoms with Gasteiger partial charge in [0.05, 0.1) is 19.8 Å². The number of nitrogens with zero attached hydrogens (tertiary/aromatic N) is 1. The van der Waals surface area contributed by atoms with E-state index < -0.39 is 0 Å². The Morgan fingerprint density at radius 3 is 2.92 bits per heavy atom. The molecule has 0 spiro atoms. The summed E-state index contributed by atoms with van der Waals surface area (Å²) in [6, 6.07) is 0.363. The van der Waals surface area contributed by atoms with E-state index in [1.54, 1.807) is 0 Å². The van der Waals surface area contributed by atoms with Crippen molar-refractivity contribution in [3.05, 3.63) is 0 Å². The molecular weight excluding hydrogens is 170 g/mol. The van der Waals surface area contributed by atoms with Crippen molar-refractivity contribution in [2.75, 3.05) is 20.2 Å². The zero-order chi connectivity index (χ0) is 9.84. The molecule has 1 N–H and O–H groups in total. The Bertz CT molecular complexity index is 184. The summed E-state index contributed by atoms with van der Waals surface area (Å²) < 4.78 is 4.57. The van der Waals surface area contributed by atoms with E-state index in [0.717, 1.165) is 12.8 Å². The number of likely N-dealkylation sites (tertiary alicyclic amines) is 1. The summed E-state index contributed by atoms with van der Waals surface area (Å²) in [6.07, 6.45) is 1.48. The highest BCUT2D eigenvalue weighted by atomic mass is 16.5. The third-order valence-corrected chi connectivity index (χ3v) is 2.55. The van der Waals surface area contributed by atoms with E-state index in [0.29, 0.717) is 12.6 Å². The molecular formula is C9H17NO3. The molecule has 4 heteroatoms. The summed E-state index contributed by atoms with van der Waals surface area (Å²) in [5.74, 6) is -0.235. The molecule has 1 fully saturated rings. The number of methoxy groups -OCH3 is 1. The van der Waals surface area contributed by atoms with Crippen molar-refractivity contribution in [3.8, 4) is 0 Å². The Morgan fingerprint density at radius 2 is 2.31 bits per heavy atom. The van der Waals surface area contributed by atoms with Crippen molar-refractivity contribution in [2.45, 2.75) is 31.9 Å². The molecule has 0 aromatic heterocycles. The molecule has 1 saturated heterocycles. The van der Waals surface area contributed by atoms with Gasteiger partial charge in [0.2, 0.25) is 0 Å². The molecule has 0 aromatic rings. The number of carbonyl (C=O) groups excluding carboxylic acids is 1. The van der Waals surface area contributed by atoms with Gasteiger partial charge in [0.15, 0.2) is 0 Å². The Labute approximate surface area is 78.5 Å². The molecule has 4 nitrogen and oxygen atoms in total. The van der Waals surface area contributed by atoms with Crippen LogP contribution < -0.4 is 0 Å². The molecule has 0 amide bonds. The molecule has 0 aliphatic carbocycles. The molecule has 76 valence electrons. The number of aliphatic hydroxyl groups is 1. The van der Waals surface area contributed by atoms with E-state index >= 15 is 0 Å². The van der Waals surface area contributed by atoms with E-state index in [9.17, 15) is 9.90 Å². The van der Waals surface area contributed by atoms with Gasteiger partial charge in [-0.15, -0.1) is 0 Å². The lowest BCUT2D eigenvalue weighted by atomic mass is 10.0. The molecule has 1 rings (SSSR count). The number of rotatable bonds is 2. The summed E-state index contributed by atoms with van der Waals surface area (Å²) in [5, 5.41) is 9.39. The number of carbonyl (C=O) groups is 1. The number of aliphatic hydroxyl groups excluding tert-OH is 1. The van der Waals surface area contributed by atoms with Crippen LogP contribution in [-0.4, -0.2) is 48.3 Å². The van der Waals surface area contributed by atoms with Crippen molar-refractivity contribution in [1.82, 2.24) is 4.90 Å². The van der Waals surface area contributed by atoms with Crippen molar-refractivity contribution < 1.29 is 14.6 Å². The first-order chi connectivity index (χ1) is 6.13. The van der Waals surface area contributed by atoms with Gasteiger partial charge in [-0.05, 0) is 19.8 Å². The monoisotopic (exact) mass is 187 g/mol. The minimum atomic E-state index is -0.291. The lowest BCUT2D eigenvalue weighted by Gasteiger charge is -2.34. The molecule has 1 aliphatic heterocycles. The van der Waals surface area contributed by atoms with Crippen LogP contribution in [0.5, 0.6) is 0 Å². The first-order valence-electron chi connectivity index (χ1n) is 4.62.